The van der Waals surface area contributed by atoms with E-state index in [2.05, 4.69) is 14.9 Å². The summed E-state index contributed by atoms with van der Waals surface area (Å²) in [5, 5.41) is 0.590. The van der Waals surface area contributed by atoms with Gasteiger partial charge in [0.15, 0.2) is 11.5 Å². The Labute approximate surface area is 170 Å². The van der Waals surface area contributed by atoms with Crippen LogP contribution in [0.4, 0.5) is 11.8 Å². The number of nitrogen functional groups attached to an aromatic ring is 1. The maximum atomic E-state index is 6.64. The SMILES string of the molecule is COc1cc(Cl)c([C@@H]2COCCCN2c2cc(C)nc(N)n2)cc1OC(C)C. The van der Waals surface area contributed by atoms with Gasteiger partial charge in [-0.2, -0.15) is 4.98 Å². The van der Waals surface area contributed by atoms with Gasteiger partial charge in [0.05, 0.1) is 25.9 Å². The maximum Gasteiger partial charge on any atom is 0.222 e. The highest BCUT2D eigenvalue weighted by molar-refractivity contribution is 6.31. The van der Waals surface area contributed by atoms with Gasteiger partial charge in [-0.05, 0) is 38.8 Å². The van der Waals surface area contributed by atoms with Gasteiger partial charge in [0.1, 0.15) is 5.82 Å². The minimum Gasteiger partial charge on any atom is -0.493 e. The lowest BCUT2D eigenvalue weighted by molar-refractivity contribution is 0.134. The first kappa shape index (κ1) is 20.5. The summed E-state index contributed by atoms with van der Waals surface area (Å²) in [5.41, 5.74) is 7.61. The average Bonchev–Trinajstić information content (AvgIpc) is 2.87. The first-order chi connectivity index (χ1) is 13.4. The van der Waals surface area contributed by atoms with Crippen molar-refractivity contribution in [3.63, 3.8) is 0 Å². The zero-order chi connectivity index (χ0) is 20.3. The van der Waals surface area contributed by atoms with Crippen molar-refractivity contribution in [3.8, 4) is 11.5 Å². The summed E-state index contributed by atoms with van der Waals surface area (Å²) in [7, 11) is 1.60. The third kappa shape index (κ3) is 4.59. The van der Waals surface area contributed by atoms with Gasteiger partial charge in [-0.15, -0.1) is 0 Å². The molecule has 0 unspecified atom stereocenters. The molecule has 2 heterocycles. The summed E-state index contributed by atoms with van der Waals surface area (Å²) in [4.78, 5) is 10.8. The van der Waals surface area contributed by atoms with Crippen LogP contribution >= 0.6 is 11.6 Å². The second kappa shape index (κ2) is 8.84. The van der Waals surface area contributed by atoms with E-state index < -0.39 is 0 Å². The molecule has 3 rings (SSSR count). The molecule has 28 heavy (non-hydrogen) atoms. The van der Waals surface area contributed by atoms with Crippen molar-refractivity contribution in [3.05, 3.63) is 34.5 Å². The van der Waals surface area contributed by atoms with Crippen molar-refractivity contribution in [1.29, 1.82) is 0 Å². The van der Waals surface area contributed by atoms with Gasteiger partial charge < -0.3 is 24.8 Å². The Balaban J connectivity index is 2.07. The Kier molecular flexibility index (Phi) is 6.46. The molecule has 1 aromatic carbocycles. The Morgan fingerprint density at radius 3 is 2.71 bits per heavy atom. The molecule has 1 atom stereocenters. The van der Waals surface area contributed by atoms with E-state index in [0.717, 1.165) is 30.0 Å². The number of methoxy groups -OCH3 is 1. The van der Waals surface area contributed by atoms with Gasteiger partial charge >= 0.3 is 0 Å². The van der Waals surface area contributed by atoms with E-state index in [0.29, 0.717) is 29.7 Å². The number of benzene rings is 1. The number of aromatic nitrogens is 2. The van der Waals surface area contributed by atoms with Gasteiger partial charge in [0.25, 0.3) is 0 Å². The molecule has 1 aromatic heterocycles. The summed E-state index contributed by atoms with van der Waals surface area (Å²) in [6.07, 6.45) is 0.886. The van der Waals surface area contributed by atoms with Crippen molar-refractivity contribution < 1.29 is 14.2 Å². The predicted octanol–water partition coefficient (Wildman–Crippen LogP) is 3.78. The molecule has 1 fully saturated rings. The Hall–Kier alpha value is -2.25. The normalized spacial score (nSPS) is 17.5. The van der Waals surface area contributed by atoms with Crippen LogP contribution in [0.25, 0.3) is 0 Å². The van der Waals surface area contributed by atoms with Crippen molar-refractivity contribution in [1.82, 2.24) is 9.97 Å². The largest absolute Gasteiger partial charge is 0.493 e. The molecular weight excluding hydrogens is 380 g/mol. The number of aryl methyl sites for hydroxylation is 1. The van der Waals surface area contributed by atoms with Crippen LogP contribution in [0.5, 0.6) is 11.5 Å². The summed E-state index contributed by atoms with van der Waals surface area (Å²) in [6.45, 7) is 7.78. The van der Waals surface area contributed by atoms with E-state index in [-0.39, 0.29) is 18.1 Å². The topological polar surface area (TPSA) is 82.7 Å². The minimum absolute atomic E-state index is 0.00808. The molecule has 2 aromatic rings. The Morgan fingerprint density at radius 1 is 1.25 bits per heavy atom. The smallest absolute Gasteiger partial charge is 0.222 e. The number of anilines is 2. The standard InChI is InChI=1S/C20H27ClN4O3/c1-12(2)28-18-9-14(15(21)10-17(18)26-4)16-11-27-7-5-6-25(16)19-8-13(3)23-20(22)24-19/h8-10,12,16H,5-7,11H2,1-4H3,(H2,22,23,24)/t16-/m0/s1. The molecule has 0 amide bonds. The highest BCUT2D eigenvalue weighted by Gasteiger charge is 2.28. The van der Waals surface area contributed by atoms with Crippen LogP contribution in [0, 0.1) is 6.92 Å². The lowest BCUT2D eigenvalue weighted by atomic mass is 10.0. The second-order valence-corrected chi connectivity index (χ2v) is 7.46. The molecule has 0 spiro atoms. The molecule has 0 bridgehead atoms. The first-order valence-electron chi connectivity index (χ1n) is 9.38. The highest BCUT2D eigenvalue weighted by Crippen LogP contribution is 2.40. The lowest BCUT2D eigenvalue weighted by Crippen LogP contribution is -2.32. The number of rotatable bonds is 5. The average molecular weight is 407 g/mol. The van der Waals surface area contributed by atoms with E-state index in [1.165, 1.54) is 0 Å². The van der Waals surface area contributed by atoms with Crippen LogP contribution in [0.15, 0.2) is 18.2 Å². The molecule has 152 valence electrons. The van der Waals surface area contributed by atoms with Gasteiger partial charge in [-0.1, -0.05) is 11.6 Å². The maximum absolute atomic E-state index is 6.64. The zero-order valence-corrected chi connectivity index (χ0v) is 17.5. The van der Waals surface area contributed by atoms with Crippen LogP contribution in [0.3, 0.4) is 0 Å². The van der Waals surface area contributed by atoms with E-state index in [4.69, 9.17) is 31.5 Å². The van der Waals surface area contributed by atoms with Crippen molar-refractivity contribution >= 4 is 23.4 Å². The molecular formula is C20H27ClN4O3. The van der Waals surface area contributed by atoms with Crippen LogP contribution in [-0.4, -0.2) is 42.9 Å². The molecule has 1 saturated heterocycles. The fraction of sp³-hybridized carbons (Fsp3) is 0.500. The summed E-state index contributed by atoms with van der Waals surface area (Å²) in [6, 6.07) is 5.52. The van der Waals surface area contributed by atoms with Gasteiger partial charge in [0, 0.05) is 36.0 Å². The van der Waals surface area contributed by atoms with Gasteiger partial charge in [0.2, 0.25) is 5.95 Å². The molecule has 1 aliphatic heterocycles. The third-order valence-electron chi connectivity index (χ3n) is 4.50. The second-order valence-electron chi connectivity index (χ2n) is 7.05. The van der Waals surface area contributed by atoms with E-state index >= 15 is 0 Å². The lowest BCUT2D eigenvalue weighted by Gasteiger charge is -2.32. The summed E-state index contributed by atoms with van der Waals surface area (Å²) in [5.74, 6) is 2.27. The third-order valence-corrected chi connectivity index (χ3v) is 4.82. The Bertz CT molecular complexity index is 811. The molecule has 7 nitrogen and oxygen atoms in total. The highest BCUT2D eigenvalue weighted by atomic mass is 35.5. The number of hydrogen-bond donors (Lipinski definition) is 1. The fourth-order valence-corrected chi connectivity index (χ4v) is 3.62. The van der Waals surface area contributed by atoms with Crippen LogP contribution in [0.2, 0.25) is 5.02 Å². The molecule has 0 saturated carbocycles. The van der Waals surface area contributed by atoms with Crippen LogP contribution in [-0.2, 0) is 4.74 Å². The Morgan fingerprint density at radius 2 is 2.04 bits per heavy atom. The number of halogens is 1. The van der Waals surface area contributed by atoms with Gasteiger partial charge in [-0.3, -0.25) is 0 Å². The summed E-state index contributed by atoms with van der Waals surface area (Å²) >= 11 is 6.64. The molecule has 2 N–H and O–H groups in total. The predicted molar refractivity (Wildman–Crippen MR) is 110 cm³/mol. The number of nitrogens with two attached hydrogens (primary N) is 1. The molecule has 8 heteroatoms. The number of ether oxygens (including phenoxy) is 3. The summed E-state index contributed by atoms with van der Waals surface area (Å²) < 4.78 is 17.2. The van der Waals surface area contributed by atoms with E-state index in [9.17, 15) is 0 Å². The molecule has 0 radical (unpaired) electrons. The van der Waals surface area contributed by atoms with Crippen molar-refractivity contribution in [2.75, 3.05) is 37.5 Å². The van der Waals surface area contributed by atoms with Crippen LogP contribution < -0.4 is 20.1 Å². The fourth-order valence-electron chi connectivity index (χ4n) is 3.34. The molecule has 0 aliphatic carbocycles. The van der Waals surface area contributed by atoms with Gasteiger partial charge in [-0.25, -0.2) is 4.98 Å². The monoisotopic (exact) mass is 406 g/mol. The van der Waals surface area contributed by atoms with Crippen molar-refractivity contribution in [2.45, 2.75) is 39.3 Å². The van der Waals surface area contributed by atoms with Crippen LogP contribution in [0.1, 0.15) is 37.6 Å². The van der Waals surface area contributed by atoms with E-state index in [1.54, 1.807) is 13.2 Å². The number of hydrogen-bond acceptors (Lipinski definition) is 7. The quantitative estimate of drug-likeness (QED) is 0.808. The zero-order valence-electron chi connectivity index (χ0n) is 16.7. The first-order valence-corrected chi connectivity index (χ1v) is 9.76. The molecule has 1 aliphatic rings. The number of nitrogens with zero attached hydrogens (tertiary/aromatic N) is 3. The minimum atomic E-state index is -0.135. The van der Waals surface area contributed by atoms with Crippen molar-refractivity contribution in [2.24, 2.45) is 0 Å². The van der Waals surface area contributed by atoms with E-state index in [1.807, 2.05) is 32.9 Å².